The molecule has 0 radical (unpaired) electrons. The van der Waals surface area contributed by atoms with Crippen molar-refractivity contribution in [2.24, 2.45) is 11.7 Å². The Morgan fingerprint density at radius 1 is 1.33 bits per heavy atom. The van der Waals surface area contributed by atoms with E-state index in [1.165, 1.54) is 0 Å². The number of carbonyl (C=O) groups is 1. The molecule has 2 aliphatic rings. The van der Waals surface area contributed by atoms with Crippen LogP contribution in [0.15, 0.2) is 24.3 Å². The van der Waals surface area contributed by atoms with Gasteiger partial charge in [0.05, 0.1) is 6.10 Å². The molecule has 3 rings (SSSR count). The Morgan fingerprint density at radius 3 is 2.79 bits per heavy atom. The van der Waals surface area contributed by atoms with Crippen molar-refractivity contribution in [2.75, 3.05) is 26.3 Å². The molecule has 0 aliphatic carbocycles. The molecule has 2 saturated heterocycles. The fraction of sp³-hybridized carbons (Fsp3) is 0.632. The summed E-state index contributed by atoms with van der Waals surface area (Å²) in [6.45, 7) is 4.95. The predicted molar refractivity (Wildman–Crippen MR) is 93.2 cm³/mol. The highest BCUT2D eigenvalue weighted by Gasteiger charge is 2.29. The fourth-order valence-corrected chi connectivity index (χ4v) is 3.57. The Hall–Kier alpha value is -1.59. The number of benzene rings is 1. The van der Waals surface area contributed by atoms with Crippen molar-refractivity contribution < 1.29 is 14.3 Å². The van der Waals surface area contributed by atoms with Gasteiger partial charge in [-0.05, 0) is 55.9 Å². The van der Waals surface area contributed by atoms with Crippen molar-refractivity contribution in [3.63, 3.8) is 0 Å². The summed E-state index contributed by atoms with van der Waals surface area (Å²) in [5, 5.41) is 0. The zero-order valence-electron chi connectivity index (χ0n) is 14.4. The van der Waals surface area contributed by atoms with Crippen LogP contribution in [-0.4, -0.2) is 49.3 Å². The highest BCUT2D eigenvalue weighted by atomic mass is 16.5. The Balaban J connectivity index is 1.58. The van der Waals surface area contributed by atoms with Crippen LogP contribution in [-0.2, 0) is 4.74 Å². The first-order valence-corrected chi connectivity index (χ1v) is 9.03. The molecule has 0 spiro atoms. The van der Waals surface area contributed by atoms with Gasteiger partial charge in [0, 0.05) is 31.3 Å². The summed E-state index contributed by atoms with van der Waals surface area (Å²) in [6.07, 6.45) is 4.41. The Morgan fingerprint density at radius 2 is 2.12 bits per heavy atom. The number of ether oxygens (including phenoxy) is 2. The van der Waals surface area contributed by atoms with Crippen LogP contribution in [0.25, 0.3) is 0 Å². The number of hydrogen-bond donors (Lipinski definition) is 1. The number of hydrogen-bond acceptors (Lipinski definition) is 4. The van der Waals surface area contributed by atoms with Gasteiger partial charge in [-0.25, -0.2) is 0 Å². The quantitative estimate of drug-likeness (QED) is 0.899. The van der Waals surface area contributed by atoms with Crippen molar-refractivity contribution in [1.82, 2.24) is 4.90 Å². The van der Waals surface area contributed by atoms with Crippen LogP contribution in [0.4, 0.5) is 0 Å². The number of carbonyl (C=O) groups excluding carboxylic acids is 1. The highest BCUT2D eigenvalue weighted by molar-refractivity contribution is 5.94. The first-order chi connectivity index (χ1) is 11.7. The second-order valence-corrected chi connectivity index (χ2v) is 6.99. The molecule has 24 heavy (non-hydrogen) atoms. The molecule has 2 fully saturated rings. The van der Waals surface area contributed by atoms with E-state index in [9.17, 15) is 4.79 Å². The maximum atomic E-state index is 12.8. The molecule has 132 valence electrons. The topological polar surface area (TPSA) is 64.8 Å². The van der Waals surface area contributed by atoms with Crippen molar-refractivity contribution in [3.05, 3.63) is 29.8 Å². The summed E-state index contributed by atoms with van der Waals surface area (Å²) >= 11 is 0. The number of nitrogens with zero attached hydrogens (tertiary/aromatic N) is 1. The van der Waals surface area contributed by atoms with Gasteiger partial charge in [0.25, 0.3) is 5.91 Å². The fourth-order valence-electron chi connectivity index (χ4n) is 3.57. The van der Waals surface area contributed by atoms with E-state index < -0.39 is 0 Å². The normalized spacial score (nSPS) is 27.2. The van der Waals surface area contributed by atoms with E-state index in [-0.39, 0.29) is 18.1 Å². The summed E-state index contributed by atoms with van der Waals surface area (Å²) in [5.41, 5.74) is 6.57. The third kappa shape index (κ3) is 4.08. The minimum Gasteiger partial charge on any atom is -0.491 e. The maximum Gasteiger partial charge on any atom is 0.254 e. The highest BCUT2D eigenvalue weighted by Crippen LogP contribution is 2.24. The molecule has 5 nitrogen and oxygen atoms in total. The molecule has 1 amide bonds. The number of likely N-dealkylation sites (tertiary alicyclic amines) is 1. The number of nitrogens with two attached hydrogens (primary N) is 1. The molecule has 0 bridgehead atoms. The second kappa shape index (κ2) is 7.99. The van der Waals surface area contributed by atoms with Gasteiger partial charge in [-0.15, -0.1) is 0 Å². The van der Waals surface area contributed by atoms with Gasteiger partial charge < -0.3 is 20.1 Å². The van der Waals surface area contributed by atoms with E-state index in [2.05, 4.69) is 6.92 Å². The van der Waals surface area contributed by atoms with Crippen LogP contribution < -0.4 is 10.5 Å². The van der Waals surface area contributed by atoms with Gasteiger partial charge >= 0.3 is 0 Å². The monoisotopic (exact) mass is 332 g/mol. The molecular formula is C19H28N2O3. The van der Waals surface area contributed by atoms with Gasteiger partial charge in [0.2, 0.25) is 0 Å². The van der Waals surface area contributed by atoms with Crippen LogP contribution in [0.5, 0.6) is 5.75 Å². The number of piperidine rings is 1. The molecule has 1 aromatic rings. The van der Waals surface area contributed by atoms with Gasteiger partial charge in [0.15, 0.2) is 0 Å². The summed E-state index contributed by atoms with van der Waals surface area (Å²) < 4.78 is 11.3. The molecule has 1 aromatic carbocycles. The predicted octanol–water partition coefficient (Wildman–Crippen LogP) is 2.44. The number of amides is 1. The van der Waals surface area contributed by atoms with Crippen molar-refractivity contribution in [1.29, 1.82) is 0 Å². The number of rotatable bonds is 5. The Kier molecular flexibility index (Phi) is 5.74. The minimum absolute atomic E-state index is 0.0722. The molecule has 0 saturated carbocycles. The third-order valence-corrected chi connectivity index (χ3v) is 5.07. The van der Waals surface area contributed by atoms with E-state index in [1.54, 1.807) is 0 Å². The van der Waals surface area contributed by atoms with Crippen LogP contribution in [0.1, 0.15) is 43.0 Å². The largest absolute Gasteiger partial charge is 0.491 e. The Bertz CT molecular complexity index is 540. The zero-order valence-corrected chi connectivity index (χ0v) is 14.4. The summed E-state index contributed by atoms with van der Waals surface area (Å²) in [4.78, 5) is 14.7. The summed E-state index contributed by atoms with van der Waals surface area (Å²) in [7, 11) is 0. The SMILES string of the molecule is CC1CCN(C(=O)c2ccc(OCC3CCCO3)cc2)C(CN)C1. The molecule has 5 heteroatoms. The van der Waals surface area contributed by atoms with Gasteiger partial charge in [-0.2, -0.15) is 0 Å². The van der Waals surface area contributed by atoms with Crippen LogP contribution in [0, 0.1) is 5.92 Å². The van der Waals surface area contributed by atoms with Crippen LogP contribution in [0.2, 0.25) is 0 Å². The smallest absolute Gasteiger partial charge is 0.254 e. The second-order valence-electron chi connectivity index (χ2n) is 6.99. The molecule has 0 aromatic heterocycles. The van der Waals surface area contributed by atoms with E-state index in [4.69, 9.17) is 15.2 Å². The average Bonchev–Trinajstić information content (AvgIpc) is 3.13. The first-order valence-electron chi connectivity index (χ1n) is 9.03. The average molecular weight is 332 g/mol. The molecule has 3 unspecified atom stereocenters. The Labute approximate surface area is 144 Å². The summed E-state index contributed by atoms with van der Waals surface area (Å²) in [5.74, 6) is 1.49. The van der Waals surface area contributed by atoms with Crippen molar-refractivity contribution >= 4 is 5.91 Å². The van der Waals surface area contributed by atoms with Crippen LogP contribution >= 0.6 is 0 Å². The maximum absolute atomic E-state index is 12.8. The minimum atomic E-state index is 0.0722. The standard InChI is InChI=1S/C19H28N2O3/c1-14-8-9-21(16(11-14)12-20)19(22)15-4-6-17(7-5-15)24-13-18-3-2-10-23-18/h4-7,14,16,18H,2-3,8-13,20H2,1H3. The van der Waals surface area contributed by atoms with E-state index in [1.807, 2.05) is 29.2 Å². The lowest BCUT2D eigenvalue weighted by Crippen LogP contribution is -2.49. The van der Waals surface area contributed by atoms with Gasteiger partial charge in [-0.3, -0.25) is 4.79 Å². The van der Waals surface area contributed by atoms with Crippen molar-refractivity contribution in [3.8, 4) is 5.75 Å². The summed E-state index contributed by atoms with van der Waals surface area (Å²) in [6, 6.07) is 7.58. The lowest BCUT2D eigenvalue weighted by molar-refractivity contribution is 0.0573. The van der Waals surface area contributed by atoms with E-state index >= 15 is 0 Å². The lowest BCUT2D eigenvalue weighted by atomic mass is 9.92. The molecule has 2 N–H and O–H groups in total. The van der Waals surface area contributed by atoms with Crippen LogP contribution in [0.3, 0.4) is 0 Å². The zero-order chi connectivity index (χ0) is 16.9. The first kappa shape index (κ1) is 17.2. The molecular weight excluding hydrogens is 304 g/mol. The molecule has 2 aliphatic heterocycles. The molecule has 3 atom stereocenters. The van der Waals surface area contributed by atoms with Crippen molar-refractivity contribution in [2.45, 2.75) is 44.8 Å². The molecule has 2 heterocycles. The van der Waals surface area contributed by atoms with Gasteiger partial charge in [0.1, 0.15) is 12.4 Å². The van der Waals surface area contributed by atoms with E-state index in [0.717, 1.165) is 44.6 Å². The van der Waals surface area contributed by atoms with Gasteiger partial charge in [-0.1, -0.05) is 6.92 Å². The van der Waals surface area contributed by atoms with E-state index in [0.29, 0.717) is 24.6 Å². The third-order valence-electron chi connectivity index (χ3n) is 5.07. The lowest BCUT2D eigenvalue weighted by Gasteiger charge is -2.38.